The van der Waals surface area contributed by atoms with Crippen molar-refractivity contribution in [1.29, 1.82) is 0 Å². The number of halogens is 1. The minimum Gasteiger partial charge on any atom is -0.323 e. The van der Waals surface area contributed by atoms with Crippen LogP contribution in [0.4, 0.5) is 10.1 Å². The van der Waals surface area contributed by atoms with Crippen LogP contribution in [-0.4, -0.2) is 30.5 Å². The number of para-hydroxylation sites is 1. The van der Waals surface area contributed by atoms with E-state index in [2.05, 4.69) is 25.4 Å². The fourth-order valence-electron chi connectivity index (χ4n) is 3.00. The lowest BCUT2D eigenvalue weighted by Crippen LogP contribution is -2.18. The van der Waals surface area contributed by atoms with Crippen LogP contribution in [-0.2, 0) is 11.2 Å². The van der Waals surface area contributed by atoms with Crippen LogP contribution in [0.1, 0.15) is 17.0 Å². The van der Waals surface area contributed by atoms with Crippen molar-refractivity contribution >= 4 is 17.4 Å². The predicted molar refractivity (Wildman–Crippen MR) is 102 cm³/mol. The van der Waals surface area contributed by atoms with Crippen LogP contribution in [0.2, 0.25) is 0 Å². The third-order valence-corrected chi connectivity index (χ3v) is 4.45. The van der Waals surface area contributed by atoms with E-state index in [1.807, 2.05) is 26.0 Å². The number of nitrogens with one attached hydrogen (secondary N) is 1. The molecule has 28 heavy (non-hydrogen) atoms. The van der Waals surface area contributed by atoms with Gasteiger partial charge in [0.25, 0.3) is 5.78 Å². The van der Waals surface area contributed by atoms with E-state index in [1.165, 1.54) is 12.1 Å². The largest absolute Gasteiger partial charge is 0.323 e. The van der Waals surface area contributed by atoms with E-state index in [4.69, 9.17) is 0 Å². The Kier molecular flexibility index (Phi) is 4.52. The number of aromatic nitrogens is 5. The van der Waals surface area contributed by atoms with Gasteiger partial charge in [0.15, 0.2) is 5.82 Å². The number of rotatable bonds is 4. The van der Waals surface area contributed by atoms with E-state index < -0.39 is 5.82 Å². The van der Waals surface area contributed by atoms with Gasteiger partial charge in [0.2, 0.25) is 5.91 Å². The molecule has 3 heterocycles. The molecule has 7 nitrogen and oxygen atoms in total. The van der Waals surface area contributed by atoms with Crippen LogP contribution in [0.25, 0.3) is 17.2 Å². The number of aryl methyl sites for hydroxylation is 2. The molecule has 4 aromatic rings. The highest BCUT2D eigenvalue weighted by atomic mass is 19.1. The van der Waals surface area contributed by atoms with Gasteiger partial charge >= 0.3 is 0 Å². The lowest BCUT2D eigenvalue weighted by Gasteiger charge is -2.11. The summed E-state index contributed by atoms with van der Waals surface area (Å²) in [6, 6.07) is 9.73. The first-order chi connectivity index (χ1) is 13.5. The third-order valence-electron chi connectivity index (χ3n) is 4.45. The summed E-state index contributed by atoms with van der Waals surface area (Å²) in [5, 5.41) is 7.10. The predicted octanol–water partition coefficient (Wildman–Crippen LogP) is 3.12. The number of carbonyl (C=O) groups excluding carboxylic acids is 1. The molecule has 140 valence electrons. The molecule has 4 rings (SSSR count). The number of pyridine rings is 1. The zero-order valence-electron chi connectivity index (χ0n) is 15.3. The Morgan fingerprint density at radius 3 is 2.71 bits per heavy atom. The fraction of sp³-hybridized carbons (Fsp3) is 0.150. The summed E-state index contributed by atoms with van der Waals surface area (Å²) < 4.78 is 15.4. The highest BCUT2D eigenvalue weighted by Crippen LogP contribution is 2.19. The first-order valence-corrected chi connectivity index (χ1v) is 8.70. The van der Waals surface area contributed by atoms with Gasteiger partial charge in [-0.05, 0) is 38.1 Å². The lowest BCUT2D eigenvalue weighted by atomic mass is 10.1. The second-order valence-corrected chi connectivity index (χ2v) is 6.35. The van der Waals surface area contributed by atoms with Crippen molar-refractivity contribution < 1.29 is 9.18 Å². The van der Waals surface area contributed by atoms with Crippen LogP contribution >= 0.6 is 0 Å². The van der Waals surface area contributed by atoms with E-state index in [1.54, 1.807) is 29.0 Å². The quantitative estimate of drug-likeness (QED) is 0.591. The van der Waals surface area contributed by atoms with Crippen molar-refractivity contribution in [2.75, 3.05) is 5.32 Å². The zero-order chi connectivity index (χ0) is 19.7. The Morgan fingerprint density at radius 2 is 1.96 bits per heavy atom. The molecule has 0 aliphatic rings. The van der Waals surface area contributed by atoms with Gasteiger partial charge in [0, 0.05) is 34.9 Å². The Labute approximate surface area is 160 Å². The smallest absolute Gasteiger partial charge is 0.253 e. The Hall–Kier alpha value is -3.68. The molecule has 1 amide bonds. The van der Waals surface area contributed by atoms with Gasteiger partial charge in [0.05, 0.1) is 12.1 Å². The summed E-state index contributed by atoms with van der Waals surface area (Å²) in [4.78, 5) is 25.5. The van der Waals surface area contributed by atoms with Gasteiger partial charge in [-0.2, -0.15) is 4.98 Å². The van der Waals surface area contributed by atoms with Gasteiger partial charge in [-0.25, -0.2) is 13.9 Å². The molecule has 0 aliphatic carbocycles. The third kappa shape index (κ3) is 3.32. The molecule has 0 radical (unpaired) electrons. The summed E-state index contributed by atoms with van der Waals surface area (Å²) in [6.45, 7) is 3.67. The number of amides is 1. The molecule has 0 unspecified atom stereocenters. The van der Waals surface area contributed by atoms with E-state index in [-0.39, 0.29) is 18.0 Å². The van der Waals surface area contributed by atoms with Crippen molar-refractivity contribution in [3.05, 3.63) is 71.6 Å². The summed E-state index contributed by atoms with van der Waals surface area (Å²) >= 11 is 0. The van der Waals surface area contributed by atoms with Crippen LogP contribution in [0, 0.1) is 19.7 Å². The highest BCUT2D eigenvalue weighted by molar-refractivity contribution is 5.92. The molecule has 8 heteroatoms. The maximum atomic E-state index is 13.8. The molecule has 0 fully saturated rings. The van der Waals surface area contributed by atoms with Gasteiger partial charge < -0.3 is 5.32 Å². The zero-order valence-corrected chi connectivity index (χ0v) is 15.3. The lowest BCUT2D eigenvalue weighted by molar-refractivity contribution is -0.115. The van der Waals surface area contributed by atoms with E-state index in [9.17, 15) is 9.18 Å². The molecule has 0 bridgehead atoms. The van der Waals surface area contributed by atoms with E-state index in [0.29, 0.717) is 17.3 Å². The highest BCUT2D eigenvalue weighted by Gasteiger charge is 2.17. The molecule has 0 saturated heterocycles. The Morgan fingerprint density at radius 1 is 1.14 bits per heavy atom. The Bertz CT molecular complexity index is 1170. The second-order valence-electron chi connectivity index (χ2n) is 6.35. The minimum atomic E-state index is -0.477. The Balaban J connectivity index is 1.66. The van der Waals surface area contributed by atoms with E-state index >= 15 is 0 Å². The van der Waals surface area contributed by atoms with Crippen molar-refractivity contribution in [3.63, 3.8) is 0 Å². The standard InChI is InChI=1S/C20H17FN6O/c1-12-15(10-18(28)24-17-8-4-3-7-16(17)21)13(2)27-20(23-12)25-19(26-27)14-6-5-9-22-11-14/h3-9,11H,10H2,1-2H3,(H,24,28). The number of carbonyl (C=O) groups is 1. The van der Waals surface area contributed by atoms with Crippen LogP contribution in [0.15, 0.2) is 48.8 Å². The first kappa shape index (κ1) is 17.7. The van der Waals surface area contributed by atoms with E-state index in [0.717, 1.165) is 16.8 Å². The van der Waals surface area contributed by atoms with Gasteiger partial charge in [-0.3, -0.25) is 9.78 Å². The number of hydrogen-bond acceptors (Lipinski definition) is 5. The van der Waals surface area contributed by atoms with Crippen molar-refractivity contribution in [3.8, 4) is 11.4 Å². The minimum absolute atomic E-state index is 0.0526. The molecule has 1 aromatic carbocycles. The molecule has 0 aliphatic heterocycles. The molecular formula is C20H17FN6O. The van der Waals surface area contributed by atoms with Gasteiger partial charge in [-0.1, -0.05) is 12.1 Å². The normalized spacial score (nSPS) is 11.0. The summed E-state index contributed by atoms with van der Waals surface area (Å²) in [6.07, 6.45) is 3.41. The van der Waals surface area contributed by atoms with Crippen LogP contribution < -0.4 is 5.32 Å². The number of benzene rings is 1. The maximum absolute atomic E-state index is 13.8. The monoisotopic (exact) mass is 376 g/mol. The van der Waals surface area contributed by atoms with Crippen molar-refractivity contribution in [1.82, 2.24) is 24.6 Å². The first-order valence-electron chi connectivity index (χ1n) is 8.70. The molecule has 0 atom stereocenters. The van der Waals surface area contributed by atoms with Crippen molar-refractivity contribution in [2.24, 2.45) is 0 Å². The molecule has 0 saturated carbocycles. The topological polar surface area (TPSA) is 85.1 Å². The fourth-order valence-corrected chi connectivity index (χ4v) is 3.00. The molecular weight excluding hydrogens is 359 g/mol. The summed E-state index contributed by atoms with van der Waals surface area (Å²) in [5.74, 6) is 0.156. The summed E-state index contributed by atoms with van der Waals surface area (Å²) in [7, 11) is 0. The maximum Gasteiger partial charge on any atom is 0.253 e. The number of hydrogen-bond donors (Lipinski definition) is 1. The number of nitrogens with zero attached hydrogens (tertiary/aromatic N) is 5. The van der Waals surface area contributed by atoms with Gasteiger partial charge in [0.1, 0.15) is 5.82 Å². The molecule has 0 spiro atoms. The van der Waals surface area contributed by atoms with Crippen LogP contribution in [0.3, 0.4) is 0 Å². The second kappa shape index (κ2) is 7.15. The average Bonchev–Trinajstić information content (AvgIpc) is 3.12. The van der Waals surface area contributed by atoms with Gasteiger partial charge in [-0.15, -0.1) is 5.10 Å². The SMILES string of the molecule is Cc1nc2nc(-c3cccnc3)nn2c(C)c1CC(=O)Nc1ccccc1F. The number of anilines is 1. The average molecular weight is 376 g/mol. The molecule has 1 N–H and O–H groups in total. The number of fused-ring (bicyclic) bond motifs is 1. The van der Waals surface area contributed by atoms with Crippen LogP contribution in [0.5, 0.6) is 0 Å². The van der Waals surface area contributed by atoms with Crippen molar-refractivity contribution in [2.45, 2.75) is 20.3 Å². The summed E-state index contributed by atoms with van der Waals surface area (Å²) in [5.41, 5.74) is 3.09. The molecule has 3 aromatic heterocycles.